The molecule has 104 valence electrons. The van der Waals surface area contributed by atoms with Crippen LogP contribution in [-0.2, 0) is 9.47 Å². The van der Waals surface area contributed by atoms with Crippen molar-refractivity contribution in [2.45, 2.75) is 51.8 Å². The Labute approximate surface area is 114 Å². The van der Waals surface area contributed by atoms with Crippen LogP contribution in [0, 0.1) is 0 Å². The molecule has 0 aliphatic carbocycles. The molecule has 1 aliphatic heterocycles. The first-order chi connectivity index (χ1) is 8.89. The van der Waals surface area contributed by atoms with Gasteiger partial charge in [0, 0.05) is 0 Å². The van der Waals surface area contributed by atoms with Crippen molar-refractivity contribution >= 4 is 0 Å². The Kier molecular flexibility index (Phi) is 4.09. The van der Waals surface area contributed by atoms with Crippen LogP contribution in [0.5, 0.6) is 0 Å². The normalized spacial score (nSPS) is 27.0. The minimum absolute atomic E-state index is 0.227. The lowest BCUT2D eigenvalue weighted by Crippen LogP contribution is -2.28. The molecule has 1 aliphatic rings. The Morgan fingerprint density at radius 3 is 2.42 bits per heavy atom. The smallest absolute Gasteiger partial charge is 0.164 e. The van der Waals surface area contributed by atoms with Crippen molar-refractivity contribution in [2.24, 2.45) is 0 Å². The van der Waals surface area contributed by atoms with E-state index in [1.54, 1.807) is 0 Å². The molecule has 0 saturated carbocycles. The van der Waals surface area contributed by atoms with Crippen molar-refractivity contribution in [3.8, 4) is 0 Å². The molecule has 0 amide bonds. The molecular formula is C16H22O3. The van der Waals surface area contributed by atoms with Crippen molar-refractivity contribution in [1.82, 2.24) is 0 Å². The highest BCUT2D eigenvalue weighted by Gasteiger charge is 2.44. The topological polar surface area (TPSA) is 38.7 Å². The zero-order chi connectivity index (χ0) is 14.0. The van der Waals surface area contributed by atoms with E-state index in [1.807, 2.05) is 64.1 Å². The molecule has 1 aromatic carbocycles. The quantitative estimate of drug-likeness (QED) is 0.850. The van der Waals surface area contributed by atoms with Crippen LogP contribution in [0.4, 0.5) is 0 Å². The molecular weight excluding hydrogens is 240 g/mol. The first-order valence-electron chi connectivity index (χ1n) is 6.63. The van der Waals surface area contributed by atoms with Crippen LogP contribution >= 0.6 is 0 Å². The van der Waals surface area contributed by atoms with E-state index < -0.39 is 11.9 Å². The third-order valence-corrected chi connectivity index (χ3v) is 3.11. The minimum Gasteiger partial charge on any atom is -0.386 e. The summed E-state index contributed by atoms with van der Waals surface area (Å²) in [4.78, 5) is 0. The van der Waals surface area contributed by atoms with E-state index in [0.29, 0.717) is 0 Å². The Morgan fingerprint density at radius 1 is 1.21 bits per heavy atom. The maximum Gasteiger partial charge on any atom is 0.164 e. The first kappa shape index (κ1) is 14.3. The molecule has 0 bridgehead atoms. The molecule has 19 heavy (non-hydrogen) atoms. The summed E-state index contributed by atoms with van der Waals surface area (Å²) in [6, 6.07) is 9.56. The number of aliphatic hydroxyl groups excluding tert-OH is 1. The van der Waals surface area contributed by atoms with Crippen molar-refractivity contribution in [1.29, 1.82) is 0 Å². The number of ether oxygens (including phenoxy) is 2. The van der Waals surface area contributed by atoms with E-state index in [4.69, 9.17) is 9.47 Å². The fraction of sp³-hybridized carbons (Fsp3) is 0.500. The van der Waals surface area contributed by atoms with Crippen LogP contribution in [-0.4, -0.2) is 23.1 Å². The average Bonchev–Trinajstić information content (AvgIpc) is 2.63. The van der Waals surface area contributed by atoms with E-state index in [-0.39, 0.29) is 12.2 Å². The van der Waals surface area contributed by atoms with Crippen LogP contribution in [0.15, 0.2) is 42.0 Å². The third kappa shape index (κ3) is 3.44. The molecule has 0 aromatic heterocycles. The fourth-order valence-corrected chi connectivity index (χ4v) is 2.36. The molecule has 1 N–H and O–H groups in total. The standard InChI is InChI=1S/C16H22O3/c1-11(2)10-13-15(19-16(3,4)18-13)14(17)12-8-6-5-7-9-12/h5-10,13-15,17H,1-4H3/t13-,14+,15-/m0/s1. The molecule has 3 heteroatoms. The second kappa shape index (κ2) is 5.45. The van der Waals surface area contributed by atoms with Crippen molar-refractivity contribution in [3.63, 3.8) is 0 Å². The van der Waals surface area contributed by atoms with Crippen molar-refractivity contribution in [2.75, 3.05) is 0 Å². The summed E-state index contributed by atoms with van der Waals surface area (Å²) in [6.45, 7) is 7.77. The monoisotopic (exact) mass is 262 g/mol. The van der Waals surface area contributed by atoms with Crippen molar-refractivity contribution < 1.29 is 14.6 Å². The van der Waals surface area contributed by atoms with Crippen LogP contribution in [0.25, 0.3) is 0 Å². The summed E-state index contributed by atoms with van der Waals surface area (Å²) in [6.07, 6.45) is 0.706. The molecule has 1 fully saturated rings. The zero-order valence-corrected chi connectivity index (χ0v) is 12.0. The number of benzene rings is 1. The van der Waals surface area contributed by atoms with Gasteiger partial charge in [0.15, 0.2) is 5.79 Å². The minimum atomic E-state index is -0.691. The largest absolute Gasteiger partial charge is 0.386 e. The van der Waals surface area contributed by atoms with Gasteiger partial charge in [0.25, 0.3) is 0 Å². The Morgan fingerprint density at radius 2 is 1.84 bits per heavy atom. The SMILES string of the molecule is CC(C)=C[C@@H]1OC(C)(C)O[C@@H]1[C@H](O)c1ccccc1. The molecule has 0 unspecified atom stereocenters. The van der Waals surface area contributed by atoms with Crippen LogP contribution in [0.1, 0.15) is 39.4 Å². The van der Waals surface area contributed by atoms with Crippen LogP contribution < -0.4 is 0 Å². The third-order valence-electron chi connectivity index (χ3n) is 3.11. The molecule has 2 rings (SSSR count). The van der Waals surface area contributed by atoms with Gasteiger partial charge in [-0.3, -0.25) is 0 Å². The lowest BCUT2D eigenvalue weighted by atomic mass is 9.99. The summed E-state index contributed by atoms with van der Waals surface area (Å²) in [5.74, 6) is -0.670. The second-order valence-corrected chi connectivity index (χ2v) is 5.66. The second-order valence-electron chi connectivity index (χ2n) is 5.66. The molecule has 1 heterocycles. The van der Waals surface area contributed by atoms with Gasteiger partial charge in [-0.2, -0.15) is 0 Å². The Bertz CT molecular complexity index is 446. The molecule has 1 saturated heterocycles. The van der Waals surface area contributed by atoms with E-state index >= 15 is 0 Å². The van der Waals surface area contributed by atoms with E-state index in [9.17, 15) is 5.11 Å². The van der Waals surface area contributed by atoms with Crippen LogP contribution in [0.2, 0.25) is 0 Å². The van der Waals surface area contributed by atoms with Gasteiger partial charge in [-0.1, -0.05) is 42.0 Å². The molecule has 0 spiro atoms. The highest BCUT2D eigenvalue weighted by molar-refractivity contribution is 5.20. The molecule has 0 radical (unpaired) electrons. The highest BCUT2D eigenvalue weighted by Crippen LogP contribution is 2.36. The predicted octanol–water partition coefficient (Wildman–Crippen LogP) is 3.21. The summed E-state index contributed by atoms with van der Waals surface area (Å²) in [7, 11) is 0. The van der Waals surface area contributed by atoms with E-state index in [1.165, 1.54) is 0 Å². The molecule has 3 atom stereocenters. The fourth-order valence-electron chi connectivity index (χ4n) is 2.36. The van der Waals surface area contributed by atoms with Gasteiger partial charge < -0.3 is 14.6 Å². The highest BCUT2D eigenvalue weighted by atomic mass is 16.8. The van der Waals surface area contributed by atoms with Gasteiger partial charge >= 0.3 is 0 Å². The first-order valence-corrected chi connectivity index (χ1v) is 6.63. The van der Waals surface area contributed by atoms with Gasteiger partial charge in [0.2, 0.25) is 0 Å². The van der Waals surface area contributed by atoms with Gasteiger partial charge in [0.05, 0.1) is 0 Å². The number of hydrogen-bond donors (Lipinski definition) is 1. The molecule has 1 aromatic rings. The Balaban J connectivity index is 2.23. The lowest BCUT2D eigenvalue weighted by molar-refractivity contribution is -0.153. The van der Waals surface area contributed by atoms with E-state index in [2.05, 4.69) is 0 Å². The molecule has 3 nitrogen and oxygen atoms in total. The van der Waals surface area contributed by atoms with Gasteiger partial charge in [-0.25, -0.2) is 0 Å². The number of aliphatic hydroxyl groups is 1. The summed E-state index contributed by atoms with van der Waals surface area (Å²) < 4.78 is 11.7. The van der Waals surface area contributed by atoms with Gasteiger partial charge in [0.1, 0.15) is 18.3 Å². The summed E-state index contributed by atoms with van der Waals surface area (Å²) in [5.41, 5.74) is 2.00. The Hall–Kier alpha value is -1.16. The maximum absolute atomic E-state index is 10.5. The number of hydrogen-bond acceptors (Lipinski definition) is 3. The van der Waals surface area contributed by atoms with Crippen molar-refractivity contribution in [3.05, 3.63) is 47.5 Å². The summed E-state index contributed by atoms with van der Waals surface area (Å²) in [5, 5.41) is 10.5. The number of allylic oxidation sites excluding steroid dienone is 1. The predicted molar refractivity (Wildman–Crippen MR) is 74.7 cm³/mol. The van der Waals surface area contributed by atoms with E-state index in [0.717, 1.165) is 11.1 Å². The summed E-state index contributed by atoms with van der Waals surface area (Å²) >= 11 is 0. The maximum atomic E-state index is 10.5. The van der Waals surface area contributed by atoms with Crippen LogP contribution in [0.3, 0.4) is 0 Å². The lowest BCUT2D eigenvalue weighted by Gasteiger charge is -2.21. The van der Waals surface area contributed by atoms with Gasteiger partial charge in [-0.15, -0.1) is 0 Å². The van der Waals surface area contributed by atoms with Gasteiger partial charge in [-0.05, 0) is 33.3 Å². The zero-order valence-electron chi connectivity index (χ0n) is 12.0. The number of rotatable bonds is 3. The average molecular weight is 262 g/mol.